The molecule has 0 aromatic heterocycles. The smallest absolute Gasteiger partial charge is 0.335 e. The summed E-state index contributed by atoms with van der Waals surface area (Å²) in [5, 5.41) is 17.7. The molecule has 20 heavy (non-hydrogen) atoms. The summed E-state index contributed by atoms with van der Waals surface area (Å²) >= 11 is 0. The fraction of sp³-hybridized carbons (Fsp3) is 0.467. The second-order valence-corrected chi connectivity index (χ2v) is 5.01. The minimum Gasteiger partial charge on any atom is -0.478 e. The third-order valence-corrected chi connectivity index (χ3v) is 3.56. The average molecular weight is 277 g/mol. The van der Waals surface area contributed by atoms with Crippen LogP contribution in [0.15, 0.2) is 18.2 Å². The lowest BCUT2D eigenvalue weighted by atomic mass is 10.1. The summed E-state index contributed by atoms with van der Waals surface area (Å²) in [5.74, 6) is -0.945. The second kappa shape index (κ2) is 6.52. The Morgan fingerprint density at radius 1 is 1.20 bits per heavy atom. The van der Waals surface area contributed by atoms with Gasteiger partial charge in [0.15, 0.2) is 0 Å². The van der Waals surface area contributed by atoms with Gasteiger partial charge >= 0.3 is 5.97 Å². The zero-order chi connectivity index (χ0) is 14.5. The zero-order valence-electron chi connectivity index (χ0n) is 11.3. The van der Waals surface area contributed by atoms with E-state index in [1.807, 2.05) is 0 Å². The molecule has 0 spiro atoms. The van der Waals surface area contributed by atoms with E-state index in [9.17, 15) is 9.59 Å². The van der Waals surface area contributed by atoms with Gasteiger partial charge in [-0.15, -0.1) is 0 Å². The normalized spacial score (nSPS) is 13.7. The number of aliphatic hydroxyl groups excluding tert-OH is 1. The molecule has 0 radical (unpaired) electrons. The Morgan fingerprint density at radius 2 is 1.95 bits per heavy atom. The lowest BCUT2D eigenvalue weighted by Gasteiger charge is -2.17. The van der Waals surface area contributed by atoms with E-state index in [1.54, 1.807) is 23.1 Å². The van der Waals surface area contributed by atoms with Crippen molar-refractivity contribution in [3.8, 4) is 0 Å². The number of unbranched alkanes of at least 4 members (excludes halogenated alkanes) is 3. The molecule has 2 N–H and O–H groups in total. The molecule has 0 aliphatic carbocycles. The maximum atomic E-state index is 12.0. The van der Waals surface area contributed by atoms with Crippen LogP contribution >= 0.6 is 0 Å². The maximum absolute atomic E-state index is 12.0. The van der Waals surface area contributed by atoms with Crippen LogP contribution in [0.5, 0.6) is 0 Å². The Morgan fingerprint density at radius 3 is 2.65 bits per heavy atom. The number of hydrogen-bond acceptors (Lipinski definition) is 3. The summed E-state index contributed by atoms with van der Waals surface area (Å²) in [6.45, 7) is 0.813. The van der Waals surface area contributed by atoms with Gasteiger partial charge in [-0.3, -0.25) is 4.79 Å². The summed E-state index contributed by atoms with van der Waals surface area (Å²) in [6, 6.07) is 4.85. The van der Waals surface area contributed by atoms with E-state index in [2.05, 4.69) is 0 Å². The first-order valence-electron chi connectivity index (χ1n) is 6.91. The Kier molecular flexibility index (Phi) is 4.74. The number of rotatable bonds is 7. The number of nitrogens with zero attached hydrogens (tertiary/aromatic N) is 1. The van der Waals surface area contributed by atoms with Crippen LogP contribution in [0.2, 0.25) is 0 Å². The fourth-order valence-electron chi connectivity index (χ4n) is 2.47. The standard InChI is InChI=1S/C15H19NO4/c17-8-4-2-1-3-7-16-13-9-12(15(19)20)6-5-11(13)10-14(16)18/h5-6,9,17H,1-4,7-8,10H2,(H,19,20). The molecule has 5 heteroatoms. The van der Waals surface area contributed by atoms with Gasteiger partial charge in [0.25, 0.3) is 0 Å². The van der Waals surface area contributed by atoms with Gasteiger partial charge < -0.3 is 15.1 Å². The summed E-state index contributed by atoms with van der Waals surface area (Å²) in [6.07, 6.45) is 3.90. The van der Waals surface area contributed by atoms with Crippen LogP contribution < -0.4 is 4.90 Å². The Hall–Kier alpha value is -1.88. The van der Waals surface area contributed by atoms with E-state index in [0.717, 1.165) is 36.9 Å². The van der Waals surface area contributed by atoms with Crippen molar-refractivity contribution in [3.63, 3.8) is 0 Å². The molecule has 1 aromatic carbocycles. The van der Waals surface area contributed by atoms with Crippen molar-refractivity contribution in [2.75, 3.05) is 18.1 Å². The average Bonchev–Trinajstić information content (AvgIpc) is 2.73. The number of hydrogen-bond donors (Lipinski definition) is 2. The molecule has 0 bridgehead atoms. The molecule has 2 rings (SSSR count). The maximum Gasteiger partial charge on any atom is 0.335 e. The van der Waals surface area contributed by atoms with Gasteiger partial charge in [-0.05, 0) is 30.5 Å². The second-order valence-electron chi connectivity index (χ2n) is 5.01. The lowest BCUT2D eigenvalue weighted by Crippen LogP contribution is -2.27. The van der Waals surface area contributed by atoms with E-state index in [4.69, 9.17) is 10.2 Å². The van der Waals surface area contributed by atoms with Gasteiger partial charge in [-0.2, -0.15) is 0 Å². The van der Waals surface area contributed by atoms with Crippen LogP contribution in [0.4, 0.5) is 5.69 Å². The topological polar surface area (TPSA) is 77.8 Å². The molecule has 0 saturated heterocycles. The minimum atomic E-state index is -0.977. The van der Waals surface area contributed by atoms with Crippen LogP contribution in [-0.4, -0.2) is 35.2 Å². The first kappa shape index (κ1) is 14.5. The van der Waals surface area contributed by atoms with Crippen molar-refractivity contribution >= 4 is 17.6 Å². The monoisotopic (exact) mass is 277 g/mol. The van der Waals surface area contributed by atoms with E-state index >= 15 is 0 Å². The van der Waals surface area contributed by atoms with Gasteiger partial charge in [0.1, 0.15) is 0 Å². The van der Waals surface area contributed by atoms with Crippen molar-refractivity contribution in [2.24, 2.45) is 0 Å². The molecular formula is C15H19NO4. The summed E-state index contributed by atoms with van der Waals surface area (Å²) in [4.78, 5) is 24.6. The molecule has 5 nitrogen and oxygen atoms in total. The summed E-state index contributed by atoms with van der Waals surface area (Å²) in [7, 11) is 0. The molecule has 0 saturated carbocycles. The Balaban J connectivity index is 2.03. The molecule has 0 unspecified atom stereocenters. The number of carboxylic acid groups (broad SMARTS) is 1. The minimum absolute atomic E-state index is 0.0321. The van der Waals surface area contributed by atoms with E-state index in [0.29, 0.717) is 13.0 Å². The molecule has 1 aliphatic rings. The number of carboxylic acids is 1. The highest BCUT2D eigenvalue weighted by atomic mass is 16.4. The number of carbonyl (C=O) groups is 2. The largest absolute Gasteiger partial charge is 0.478 e. The molecule has 1 heterocycles. The van der Waals surface area contributed by atoms with Crippen LogP contribution in [-0.2, 0) is 11.2 Å². The van der Waals surface area contributed by atoms with Crippen LogP contribution in [0.3, 0.4) is 0 Å². The van der Waals surface area contributed by atoms with Crippen molar-refractivity contribution in [2.45, 2.75) is 32.1 Å². The first-order chi connectivity index (χ1) is 9.63. The predicted octanol–water partition coefficient (Wildman–Crippen LogP) is 1.83. The summed E-state index contributed by atoms with van der Waals surface area (Å²) in [5.41, 5.74) is 1.84. The van der Waals surface area contributed by atoms with Crippen molar-refractivity contribution in [3.05, 3.63) is 29.3 Å². The van der Waals surface area contributed by atoms with Crippen molar-refractivity contribution < 1.29 is 19.8 Å². The zero-order valence-corrected chi connectivity index (χ0v) is 11.3. The highest BCUT2D eigenvalue weighted by Gasteiger charge is 2.27. The van der Waals surface area contributed by atoms with Gasteiger partial charge in [-0.1, -0.05) is 18.9 Å². The van der Waals surface area contributed by atoms with Crippen molar-refractivity contribution in [1.82, 2.24) is 0 Å². The number of carbonyl (C=O) groups excluding carboxylic acids is 1. The SMILES string of the molecule is O=C(O)c1ccc2c(c1)N(CCCCCCO)C(=O)C2. The highest BCUT2D eigenvalue weighted by molar-refractivity contribution is 6.03. The van der Waals surface area contributed by atoms with Crippen LogP contribution in [0.25, 0.3) is 0 Å². The van der Waals surface area contributed by atoms with Gasteiger partial charge in [0.2, 0.25) is 5.91 Å². The molecule has 1 amide bonds. The summed E-state index contributed by atoms with van der Waals surface area (Å²) < 4.78 is 0. The van der Waals surface area contributed by atoms with Gasteiger partial charge in [0, 0.05) is 18.8 Å². The number of anilines is 1. The Labute approximate surface area is 117 Å². The third kappa shape index (κ3) is 3.17. The van der Waals surface area contributed by atoms with E-state index in [-0.39, 0.29) is 18.1 Å². The van der Waals surface area contributed by atoms with Crippen molar-refractivity contribution in [1.29, 1.82) is 0 Å². The number of benzene rings is 1. The fourth-order valence-corrected chi connectivity index (χ4v) is 2.47. The molecule has 1 aromatic rings. The first-order valence-corrected chi connectivity index (χ1v) is 6.91. The van der Waals surface area contributed by atoms with Crippen LogP contribution in [0, 0.1) is 0 Å². The van der Waals surface area contributed by atoms with Gasteiger partial charge in [-0.25, -0.2) is 4.79 Å². The third-order valence-electron chi connectivity index (χ3n) is 3.56. The molecule has 108 valence electrons. The molecule has 1 aliphatic heterocycles. The van der Waals surface area contributed by atoms with Crippen LogP contribution in [0.1, 0.15) is 41.6 Å². The Bertz CT molecular complexity index is 513. The quantitative estimate of drug-likeness (QED) is 0.745. The number of aliphatic hydroxyl groups is 1. The van der Waals surface area contributed by atoms with E-state index < -0.39 is 5.97 Å². The predicted molar refractivity (Wildman–Crippen MR) is 75.0 cm³/mol. The lowest BCUT2D eigenvalue weighted by molar-refractivity contribution is -0.117. The molecule has 0 fully saturated rings. The highest BCUT2D eigenvalue weighted by Crippen LogP contribution is 2.30. The molecule has 0 atom stereocenters. The number of amides is 1. The van der Waals surface area contributed by atoms with E-state index in [1.165, 1.54) is 0 Å². The molecular weight excluding hydrogens is 258 g/mol. The number of fused-ring (bicyclic) bond motifs is 1. The van der Waals surface area contributed by atoms with Gasteiger partial charge in [0.05, 0.1) is 12.0 Å². The number of aromatic carboxylic acids is 1.